The molecule has 3 rings (SSSR count). The Balaban J connectivity index is 1.58. The zero-order valence-electron chi connectivity index (χ0n) is 14.9. The average Bonchev–Trinajstić information content (AvgIpc) is 2.55. The van der Waals surface area contributed by atoms with Crippen LogP contribution in [0.3, 0.4) is 0 Å². The molecule has 1 aliphatic rings. The van der Waals surface area contributed by atoms with Gasteiger partial charge in [0.1, 0.15) is 0 Å². The van der Waals surface area contributed by atoms with Gasteiger partial charge in [0.05, 0.1) is 0 Å². The number of carbonyl (C=O) groups excluding carboxylic acids is 1. The molecule has 0 saturated carbocycles. The van der Waals surface area contributed by atoms with Crippen molar-refractivity contribution in [2.24, 2.45) is 0 Å². The van der Waals surface area contributed by atoms with Crippen LogP contribution in [0, 0.1) is 13.8 Å². The number of hydrogen-bond donors (Lipinski definition) is 0. The van der Waals surface area contributed by atoms with Crippen molar-refractivity contribution in [1.82, 2.24) is 4.90 Å². The van der Waals surface area contributed by atoms with Crippen molar-refractivity contribution >= 4 is 11.5 Å². The second kappa shape index (κ2) is 7.18. The summed E-state index contributed by atoms with van der Waals surface area (Å²) in [5, 5.41) is 0. The molecular weight excluding hydrogens is 296 g/mol. The molecule has 0 bridgehead atoms. The smallest absolute Gasteiger partial charge is 0.159 e. The first kappa shape index (κ1) is 16.7. The summed E-state index contributed by atoms with van der Waals surface area (Å²) >= 11 is 0. The highest BCUT2D eigenvalue weighted by atomic mass is 16.1. The molecule has 0 N–H and O–H groups in total. The minimum atomic E-state index is 0.125. The fourth-order valence-corrected chi connectivity index (χ4v) is 3.49. The fourth-order valence-electron chi connectivity index (χ4n) is 3.49. The number of aryl methyl sites for hydroxylation is 2. The lowest BCUT2D eigenvalue weighted by molar-refractivity contribution is 0.101. The first-order valence-corrected chi connectivity index (χ1v) is 8.67. The molecule has 2 aromatic carbocycles. The Morgan fingerprint density at radius 2 is 1.50 bits per heavy atom. The van der Waals surface area contributed by atoms with E-state index in [1.165, 1.54) is 22.4 Å². The summed E-state index contributed by atoms with van der Waals surface area (Å²) < 4.78 is 0. The van der Waals surface area contributed by atoms with Crippen LogP contribution in [0.5, 0.6) is 0 Å². The highest BCUT2D eigenvalue weighted by molar-refractivity contribution is 5.94. The van der Waals surface area contributed by atoms with E-state index in [0.717, 1.165) is 38.3 Å². The van der Waals surface area contributed by atoms with Crippen molar-refractivity contribution in [2.75, 3.05) is 31.1 Å². The topological polar surface area (TPSA) is 23.6 Å². The van der Waals surface area contributed by atoms with Gasteiger partial charge >= 0.3 is 0 Å². The van der Waals surface area contributed by atoms with E-state index in [9.17, 15) is 4.79 Å². The van der Waals surface area contributed by atoms with Crippen LogP contribution in [-0.4, -0.2) is 36.9 Å². The third-order valence-electron chi connectivity index (χ3n) is 4.70. The quantitative estimate of drug-likeness (QED) is 0.799. The van der Waals surface area contributed by atoms with Crippen LogP contribution in [0.15, 0.2) is 42.5 Å². The molecule has 0 amide bonds. The number of Topliss-reactive ketones (excluding diaryl/α,β-unsaturated/α-hetero) is 1. The van der Waals surface area contributed by atoms with E-state index in [-0.39, 0.29) is 5.78 Å². The van der Waals surface area contributed by atoms with E-state index in [4.69, 9.17) is 0 Å². The Bertz CT molecular complexity index is 693. The first-order chi connectivity index (χ1) is 11.5. The third kappa shape index (κ3) is 4.04. The van der Waals surface area contributed by atoms with E-state index in [2.05, 4.69) is 54.0 Å². The van der Waals surface area contributed by atoms with Crippen molar-refractivity contribution in [3.63, 3.8) is 0 Å². The number of benzene rings is 2. The van der Waals surface area contributed by atoms with E-state index in [1.807, 2.05) is 12.1 Å². The highest BCUT2D eigenvalue weighted by Crippen LogP contribution is 2.19. The van der Waals surface area contributed by atoms with E-state index >= 15 is 0 Å². The predicted molar refractivity (Wildman–Crippen MR) is 99.9 cm³/mol. The number of nitrogens with zero attached hydrogens (tertiary/aromatic N) is 2. The highest BCUT2D eigenvalue weighted by Gasteiger charge is 2.17. The molecule has 1 fully saturated rings. The molecule has 0 unspecified atom stereocenters. The van der Waals surface area contributed by atoms with Crippen LogP contribution in [-0.2, 0) is 6.54 Å². The molecule has 3 nitrogen and oxygen atoms in total. The van der Waals surface area contributed by atoms with Crippen LogP contribution in [0.2, 0.25) is 0 Å². The number of carbonyl (C=O) groups is 1. The summed E-state index contributed by atoms with van der Waals surface area (Å²) in [6, 6.07) is 14.8. The van der Waals surface area contributed by atoms with Crippen LogP contribution in [0.25, 0.3) is 0 Å². The van der Waals surface area contributed by atoms with Crippen LogP contribution in [0.4, 0.5) is 5.69 Å². The van der Waals surface area contributed by atoms with Crippen LogP contribution < -0.4 is 4.90 Å². The van der Waals surface area contributed by atoms with Gasteiger partial charge in [-0.15, -0.1) is 0 Å². The second-order valence-corrected chi connectivity index (χ2v) is 6.86. The minimum absolute atomic E-state index is 0.125. The van der Waals surface area contributed by atoms with Gasteiger partial charge in [0.15, 0.2) is 5.78 Å². The van der Waals surface area contributed by atoms with Crippen molar-refractivity contribution in [3.8, 4) is 0 Å². The zero-order valence-corrected chi connectivity index (χ0v) is 14.9. The monoisotopic (exact) mass is 322 g/mol. The molecule has 0 aromatic heterocycles. The Labute approximate surface area is 144 Å². The number of piperazine rings is 1. The maximum atomic E-state index is 11.4. The van der Waals surface area contributed by atoms with Crippen LogP contribution in [0.1, 0.15) is 34.0 Å². The predicted octanol–water partition coefficient (Wildman–Crippen LogP) is 3.83. The lowest BCUT2D eigenvalue weighted by Gasteiger charge is -2.36. The Kier molecular flexibility index (Phi) is 5.00. The lowest BCUT2D eigenvalue weighted by Crippen LogP contribution is -2.46. The maximum Gasteiger partial charge on any atom is 0.159 e. The van der Waals surface area contributed by atoms with Crippen LogP contribution >= 0.6 is 0 Å². The molecule has 0 aliphatic carbocycles. The van der Waals surface area contributed by atoms with Gasteiger partial charge in [-0.1, -0.05) is 29.3 Å². The molecule has 2 aromatic rings. The largest absolute Gasteiger partial charge is 0.369 e. The minimum Gasteiger partial charge on any atom is -0.369 e. The molecule has 0 spiro atoms. The number of ketones is 1. The van der Waals surface area contributed by atoms with Crippen molar-refractivity contribution in [3.05, 3.63) is 64.7 Å². The molecule has 126 valence electrons. The molecule has 3 heteroatoms. The summed E-state index contributed by atoms with van der Waals surface area (Å²) in [4.78, 5) is 16.3. The van der Waals surface area contributed by atoms with Gasteiger partial charge in [0, 0.05) is 44.0 Å². The van der Waals surface area contributed by atoms with E-state index in [0.29, 0.717) is 0 Å². The van der Waals surface area contributed by atoms with Gasteiger partial charge in [-0.05, 0) is 50.6 Å². The standard InChI is InChI=1S/C21H26N2O/c1-16-12-17(2)14-19(13-16)15-22-8-10-23(11-9-22)21-6-4-20(5-7-21)18(3)24/h4-7,12-14H,8-11,15H2,1-3H3. The second-order valence-electron chi connectivity index (χ2n) is 6.86. The number of anilines is 1. The molecule has 1 saturated heterocycles. The van der Waals surface area contributed by atoms with Gasteiger partial charge in [0.25, 0.3) is 0 Å². The Morgan fingerprint density at radius 3 is 2.04 bits per heavy atom. The maximum absolute atomic E-state index is 11.4. The van der Waals surface area contributed by atoms with Crippen molar-refractivity contribution in [2.45, 2.75) is 27.3 Å². The summed E-state index contributed by atoms with van der Waals surface area (Å²) in [7, 11) is 0. The molecule has 1 aliphatic heterocycles. The molecule has 24 heavy (non-hydrogen) atoms. The fraction of sp³-hybridized carbons (Fsp3) is 0.381. The Morgan fingerprint density at radius 1 is 0.917 bits per heavy atom. The van der Waals surface area contributed by atoms with Gasteiger partial charge in [-0.25, -0.2) is 0 Å². The normalized spacial score (nSPS) is 15.5. The molecule has 0 atom stereocenters. The van der Waals surface area contributed by atoms with Gasteiger partial charge in [-0.3, -0.25) is 9.69 Å². The molecule has 1 heterocycles. The van der Waals surface area contributed by atoms with Gasteiger partial charge < -0.3 is 4.90 Å². The summed E-state index contributed by atoms with van der Waals surface area (Å²) in [6.07, 6.45) is 0. The summed E-state index contributed by atoms with van der Waals surface area (Å²) in [5.74, 6) is 0.125. The van der Waals surface area contributed by atoms with Crippen molar-refractivity contribution in [1.29, 1.82) is 0 Å². The SMILES string of the molecule is CC(=O)c1ccc(N2CCN(Cc3cc(C)cc(C)c3)CC2)cc1. The summed E-state index contributed by atoms with van der Waals surface area (Å²) in [6.45, 7) is 11.2. The van der Waals surface area contributed by atoms with Gasteiger partial charge in [0.2, 0.25) is 0 Å². The first-order valence-electron chi connectivity index (χ1n) is 8.67. The number of hydrogen-bond acceptors (Lipinski definition) is 3. The van der Waals surface area contributed by atoms with Gasteiger partial charge in [-0.2, -0.15) is 0 Å². The summed E-state index contributed by atoms with van der Waals surface area (Å²) in [5.41, 5.74) is 6.09. The average molecular weight is 322 g/mol. The zero-order chi connectivity index (χ0) is 17.1. The third-order valence-corrected chi connectivity index (χ3v) is 4.70. The van der Waals surface area contributed by atoms with Crippen molar-refractivity contribution < 1.29 is 4.79 Å². The number of rotatable bonds is 4. The lowest BCUT2D eigenvalue weighted by atomic mass is 10.1. The Hall–Kier alpha value is -2.13. The molecular formula is C21H26N2O. The van der Waals surface area contributed by atoms with E-state index in [1.54, 1.807) is 6.92 Å². The molecule has 0 radical (unpaired) electrons. The van der Waals surface area contributed by atoms with E-state index < -0.39 is 0 Å².